The molecule has 0 aliphatic rings. The molecule has 2 aromatic rings. The molecule has 0 aliphatic heterocycles. The SMILES string of the molecule is Cc1cc(Nc2ncccc2[N+](=O)[O-])ccc1C(=O)O. The van der Waals surface area contributed by atoms with Gasteiger partial charge >= 0.3 is 11.7 Å². The number of nitro groups is 1. The highest BCUT2D eigenvalue weighted by molar-refractivity contribution is 5.90. The molecule has 2 N–H and O–H groups in total. The number of aromatic nitrogens is 1. The number of hydrogen-bond acceptors (Lipinski definition) is 5. The fourth-order valence-corrected chi connectivity index (χ4v) is 1.76. The molecule has 0 atom stereocenters. The van der Waals surface area contributed by atoms with Crippen molar-refractivity contribution in [1.82, 2.24) is 4.98 Å². The van der Waals surface area contributed by atoms with Crippen molar-refractivity contribution in [2.24, 2.45) is 0 Å². The number of carbonyl (C=O) groups is 1. The van der Waals surface area contributed by atoms with Crippen LogP contribution in [0.1, 0.15) is 15.9 Å². The maximum atomic E-state index is 10.9. The van der Waals surface area contributed by atoms with Crippen molar-refractivity contribution >= 4 is 23.2 Å². The molecule has 102 valence electrons. The second-order valence-electron chi connectivity index (χ2n) is 4.09. The van der Waals surface area contributed by atoms with Gasteiger partial charge < -0.3 is 10.4 Å². The quantitative estimate of drug-likeness (QED) is 0.655. The van der Waals surface area contributed by atoms with Gasteiger partial charge in [0.1, 0.15) is 0 Å². The summed E-state index contributed by atoms with van der Waals surface area (Å²) < 4.78 is 0. The average molecular weight is 273 g/mol. The predicted octanol–water partition coefficient (Wildman–Crippen LogP) is 2.74. The van der Waals surface area contributed by atoms with Crippen LogP contribution in [-0.2, 0) is 0 Å². The molecule has 1 aromatic carbocycles. The molecule has 7 nitrogen and oxygen atoms in total. The molecule has 1 aromatic heterocycles. The van der Waals surface area contributed by atoms with Crippen LogP contribution in [0.25, 0.3) is 0 Å². The molecule has 0 fully saturated rings. The first-order valence-electron chi connectivity index (χ1n) is 5.69. The highest BCUT2D eigenvalue weighted by atomic mass is 16.6. The van der Waals surface area contributed by atoms with E-state index < -0.39 is 10.9 Å². The van der Waals surface area contributed by atoms with Gasteiger partial charge in [-0.25, -0.2) is 9.78 Å². The van der Waals surface area contributed by atoms with Gasteiger partial charge in [-0.2, -0.15) is 0 Å². The van der Waals surface area contributed by atoms with Crippen molar-refractivity contribution in [2.75, 3.05) is 5.32 Å². The molecule has 20 heavy (non-hydrogen) atoms. The Morgan fingerprint density at radius 3 is 2.75 bits per heavy atom. The summed E-state index contributed by atoms with van der Waals surface area (Å²) in [4.78, 5) is 25.2. The van der Waals surface area contributed by atoms with Crippen molar-refractivity contribution in [3.05, 3.63) is 57.8 Å². The number of aromatic carboxylic acids is 1. The van der Waals surface area contributed by atoms with Crippen LogP contribution in [-0.4, -0.2) is 21.0 Å². The second kappa shape index (κ2) is 5.35. The molecule has 0 saturated carbocycles. The third-order valence-electron chi connectivity index (χ3n) is 2.70. The zero-order valence-corrected chi connectivity index (χ0v) is 10.5. The summed E-state index contributed by atoms with van der Waals surface area (Å²) in [6.45, 7) is 1.65. The van der Waals surface area contributed by atoms with Crippen molar-refractivity contribution in [3.63, 3.8) is 0 Å². The minimum atomic E-state index is -1.02. The maximum absolute atomic E-state index is 10.9. The van der Waals surface area contributed by atoms with Gasteiger partial charge in [0.05, 0.1) is 10.5 Å². The summed E-state index contributed by atoms with van der Waals surface area (Å²) in [7, 11) is 0. The number of hydrogen-bond donors (Lipinski definition) is 2. The summed E-state index contributed by atoms with van der Waals surface area (Å²) in [6.07, 6.45) is 1.44. The lowest BCUT2D eigenvalue weighted by molar-refractivity contribution is -0.384. The van der Waals surface area contributed by atoms with E-state index in [2.05, 4.69) is 10.3 Å². The minimum absolute atomic E-state index is 0.111. The topological polar surface area (TPSA) is 105 Å². The number of carboxylic acids is 1. The fourth-order valence-electron chi connectivity index (χ4n) is 1.76. The molecule has 2 rings (SSSR count). The van der Waals surface area contributed by atoms with E-state index >= 15 is 0 Å². The molecule has 0 radical (unpaired) electrons. The number of rotatable bonds is 4. The van der Waals surface area contributed by atoms with E-state index in [4.69, 9.17) is 5.11 Å². The van der Waals surface area contributed by atoms with Gasteiger partial charge in [-0.3, -0.25) is 10.1 Å². The number of pyridine rings is 1. The first kappa shape index (κ1) is 13.5. The lowest BCUT2D eigenvalue weighted by Gasteiger charge is -2.08. The van der Waals surface area contributed by atoms with Crippen LogP contribution in [0.4, 0.5) is 17.2 Å². The second-order valence-corrected chi connectivity index (χ2v) is 4.09. The van der Waals surface area contributed by atoms with Gasteiger partial charge in [0.2, 0.25) is 5.82 Å². The van der Waals surface area contributed by atoms with E-state index in [9.17, 15) is 14.9 Å². The highest BCUT2D eigenvalue weighted by Crippen LogP contribution is 2.25. The molecule has 7 heteroatoms. The summed E-state index contributed by atoms with van der Waals surface area (Å²) in [5, 5.41) is 22.6. The lowest BCUT2D eigenvalue weighted by atomic mass is 10.1. The van der Waals surface area contributed by atoms with Crippen molar-refractivity contribution < 1.29 is 14.8 Å². The normalized spacial score (nSPS) is 10.1. The Balaban J connectivity index is 2.34. The van der Waals surface area contributed by atoms with Crippen LogP contribution >= 0.6 is 0 Å². The Morgan fingerprint density at radius 2 is 2.15 bits per heavy atom. The smallest absolute Gasteiger partial charge is 0.335 e. The summed E-state index contributed by atoms with van der Waals surface area (Å²) in [5.74, 6) is -0.905. The van der Waals surface area contributed by atoms with E-state index in [-0.39, 0.29) is 17.1 Å². The number of carboxylic acid groups (broad SMARTS) is 1. The maximum Gasteiger partial charge on any atom is 0.335 e. The van der Waals surface area contributed by atoms with E-state index in [1.165, 1.54) is 30.5 Å². The highest BCUT2D eigenvalue weighted by Gasteiger charge is 2.15. The van der Waals surface area contributed by atoms with Gasteiger partial charge in [0.25, 0.3) is 0 Å². The minimum Gasteiger partial charge on any atom is -0.478 e. The van der Waals surface area contributed by atoms with Crippen LogP contribution in [0.15, 0.2) is 36.5 Å². The number of anilines is 2. The average Bonchev–Trinajstić information content (AvgIpc) is 2.38. The van der Waals surface area contributed by atoms with Gasteiger partial charge in [-0.1, -0.05) is 0 Å². The van der Waals surface area contributed by atoms with Crippen LogP contribution in [0, 0.1) is 17.0 Å². The summed E-state index contributed by atoms with van der Waals surface area (Å²) in [6, 6.07) is 7.39. The zero-order chi connectivity index (χ0) is 14.7. The van der Waals surface area contributed by atoms with Gasteiger partial charge in [0, 0.05) is 18.0 Å². The molecule has 0 spiro atoms. The first-order valence-corrected chi connectivity index (χ1v) is 5.69. The molecular formula is C13H11N3O4. The Labute approximate surface area is 114 Å². The Kier molecular flexibility index (Phi) is 3.60. The van der Waals surface area contributed by atoms with Crippen molar-refractivity contribution in [3.8, 4) is 0 Å². The monoisotopic (exact) mass is 273 g/mol. The van der Waals surface area contributed by atoms with E-state index in [1.807, 2.05) is 0 Å². The molecule has 1 heterocycles. The van der Waals surface area contributed by atoms with Crippen LogP contribution in [0.2, 0.25) is 0 Å². The third kappa shape index (κ3) is 2.72. The summed E-state index contributed by atoms with van der Waals surface area (Å²) in [5.41, 5.74) is 1.13. The molecule has 0 bridgehead atoms. The molecule has 0 unspecified atom stereocenters. The largest absolute Gasteiger partial charge is 0.478 e. The zero-order valence-electron chi connectivity index (χ0n) is 10.5. The number of nitrogens with one attached hydrogen (secondary N) is 1. The molecular weight excluding hydrogens is 262 g/mol. The van der Waals surface area contributed by atoms with E-state index in [1.54, 1.807) is 13.0 Å². The lowest BCUT2D eigenvalue weighted by Crippen LogP contribution is -2.02. The molecule has 0 aliphatic carbocycles. The first-order chi connectivity index (χ1) is 9.49. The van der Waals surface area contributed by atoms with Crippen molar-refractivity contribution in [2.45, 2.75) is 6.92 Å². The Hall–Kier alpha value is -2.96. The number of aryl methyl sites for hydroxylation is 1. The predicted molar refractivity (Wildman–Crippen MR) is 72.3 cm³/mol. The van der Waals surface area contributed by atoms with Crippen LogP contribution in [0.5, 0.6) is 0 Å². The standard InChI is InChI=1S/C13H11N3O4/c1-8-7-9(4-5-10(8)13(17)18)15-12-11(16(19)20)3-2-6-14-12/h2-7H,1H3,(H,14,15)(H,17,18). The van der Waals surface area contributed by atoms with E-state index in [0.717, 1.165) is 0 Å². The van der Waals surface area contributed by atoms with Crippen LogP contribution < -0.4 is 5.32 Å². The molecule has 0 saturated heterocycles. The third-order valence-corrected chi connectivity index (χ3v) is 2.70. The fraction of sp³-hybridized carbons (Fsp3) is 0.0769. The molecule has 0 amide bonds. The van der Waals surface area contributed by atoms with Gasteiger partial charge in [-0.05, 0) is 36.8 Å². The number of nitrogens with zero attached hydrogens (tertiary/aromatic N) is 2. The van der Waals surface area contributed by atoms with Crippen LogP contribution in [0.3, 0.4) is 0 Å². The Bertz CT molecular complexity index is 685. The number of benzene rings is 1. The van der Waals surface area contributed by atoms with E-state index in [0.29, 0.717) is 11.3 Å². The Morgan fingerprint density at radius 1 is 1.40 bits per heavy atom. The summed E-state index contributed by atoms with van der Waals surface area (Å²) >= 11 is 0. The van der Waals surface area contributed by atoms with Crippen molar-refractivity contribution in [1.29, 1.82) is 0 Å². The van der Waals surface area contributed by atoms with Gasteiger partial charge in [-0.15, -0.1) is 0 Å². The van der Waals surface area contributed by atoms with Gasteiger partial charge in [0.15, 0.2) is 0 Å².